The summed E-state index contributed by atoms with van der Waals surface area (Å²) in [5.41, 5.74) is 2.24. The number of benzene rings is 3. The lowest BCUT2D eigenvalue weighted by atomic mass is 9.99. The first kappa shape index (κ1) is 16.1. The SMILES string of the molecule is COc1c(N=Nc2nc(C)cnc2C)c2ccccc2c2ccccc12. The second-order valence-corrected chi connectivity index (χ2v) is 6.09. The minimum Gasteiger partial charge on any atom is -0.494 e. The topological polar surface area (TPSA) is 59.7 Å². The largest absolute Gasteiger partial charge is 0.494 e. The number of aryl methyl sites for hydroxylation is 2. The van der Waals surface area contributed by atoms with Crippen molar-refractivity contribution in [1.82, 2.24) is 9.97 Å². The smallest absolute Gasteiger partial charge is 0.196 e. The van der Waals surface area contributed by atoms with Gasteiger partial charge in [0.1, 0.15) is 5.69 Å². The molecule has 0 radical (unpaired) electrons. The molecule has 4 rings (SSSR count). The van der Waals surface area contributed by atoms with E-state index in [2.05, 4.69) is 32.3 Å². The highest BCUT2D eigenvalue weighted by Gasteiger charge is 2.14. The zero-order valence-electron chi connectivity index (χ0n) is 14.9. The zero-order valence-corrected chi connectivity index (χ0v) is 14.9. The van der Waals surface area contributed by atoms with Crippen LogP contribution in [0.2, 0.25) is 0 Å². The molecular weight excluding hydrogens is 324 g/mol. The number of aromatic nitrogens is 2. The Morgan fingerprint density at radius 2 is 1.42 bits per heavy atom. The summed E-state index contributed by atoms with van der Waals surface area (Å²) in [6.07, 6.45) is 1.72. The van der Waals surface area contributed by atoms with E-state index in [-0.39, 0.29) is 0 Å². The molecule has 1 aromatic heterocycles. The molecule has 0 saturated heterocycles. The maximum absolute atomic E-state index is 5.72. The predicted molar refractivity (Wildman–Crippen MR) is 104 cm³/mol. The van der Waals surface area contributed by atoms with Crippen LogP contribution in [0.25, 0.3) is 21.5 Å². The minimum absolute atomic E-state index is 0.518. The lowest BCUT2D eigenvalue weighted by Crippen LogP contribution is -1.90. The Bertz CT molecular complexity index is 1150. The Morgan fingerprint density at radius 1 is 0.808 bits per heavy atom. The lowest BCUT2D eigenvalue weighted by Gasteiger charge is -2.12. The summed E-state index contributed by atoms with van der Waals surface area (Å²) in [5, 5.41) is 13.1. The molecule has 4 aromatic rings. The molecule has 0 aliphatic carbocycles. The van der Waals surface area contributed by atoms with Crippen LogP contribution in [0.1, 0.15) is 11.4 Å². The highest BCUT2D eigenvalue weighted by molar-refractivity contribution is 6.16. The van der Waals surface area contributed by atoms with E-state index in [9.17, 15) is 0 Å². The second kappa shape index (κ2) is 6.52. The van der Waals surface area contributed by atoms with Crippen molar-refractivity contribution < 1.29 is 4.74 Å². The van der Waals surface area contributed by atoms with E-state index in [4.69, 9.17) is 4.74 Å². The van der Waals surface area contributed by atoms with Crippen molar-refractivity contribution in [2.45, 2.75) is 13.8 Å². The van der Waals surface area contributed by atoms with Crippen LogP contribution < -0.4 is 4.74 Å². The van der Waals surface area contributed by atoms with E-state index in [0.29, 0.717) is 17.3 Å². The third-order valence-electron chi connectivity index (χ3n) is 4.36. The quantitative estimate of drug-likeness (QED) is 0.348. The fourth-order valence-corrected chi connectivity index (χ4v) is 3.11. The summed E-state index contributed by atoms with van der Waals surface area (Å²) in [6.45, 7) is 3.76. The molecule has 0 aliphatic rings. The van der Waals surface area contributed by atoms with Crippen LogP contribution in [0.4, 0.5) is 11.5 Å². The number of rotatable bonds is 3. The molecule has 0 unspecified atom stereocenters. The van der Waals surface area contributed by atoms with Crippen molar-refractivity contribution in [2.24, 2.45) is 10.2 Å². The van der Waals surface area contributed by atoms with Crippen LogP contribution in [0, 0.1) is 13.8 Å². The van der Waals surface area contributed by atoms with Crippen molar-refractivity contribution in [3.05, 3.63) is 66.1 Å². The number of nitrogens with zero attached hydrogens (tertiary/aromatic N) is 4. The normalized spacial score (nSPS) is 11.5. The monoisotopic (exact) mass is 342 g/mol. The van der Waals surface area contributed by atoms with Gasteiger partial charge < -0.3 is 4.74 Å². The second-order valence-electron chi connectivity index (χ2n) is 6.09. The van der Waals surface area contributed by atoms with E-state index in [0.717, 1.165) is 32.9 Å². The molecule has 0 atom stereocenters. The minimum atomic E-state index is 0.518. The first-order chi connectivity index (χ1) is 12.7. The summed E-state index contributed by atoms with van der Waals surface area (Å²) in [7, 11) is 1.66. The van der Waals surface area contributed by atoms with Gasteiger partial charge in [-0.2, -0.15) is 0 Å². The Hall–Kier alpha value is -3.34. The van der Waals surface area contributed by atoms with Gasteiger partial charge in [-0.15, -0.1) is 10.2 Å². The Kier molecular flexibility index (Phi) is 4.05. The zero-order chi connectivity index (χ0) is 18.1. The van der Waals surface area contributed by atoms with Gasteiger partial charge in [-0.05, 0) is 24.6 Å². The molecule has 26 heavy (non-hydrogen) atoms. The van der Waals surface area contributed by atoms with Crippen molar-refractivity contribution in [1.29, 1.82) is 0 Å². The Balaban J connectivity index is 2.01. The predicted octanol–water partition coefficient (Wildman–Crippen LogP) is 5.82. The number of methoxy groups -OCH3 is 1. The molecule has 0 spiro atoms. The molecule has 1 heterocycles. The van der Waals surface area contributed by atoms with E-state index in [1.807, 2.05) is 50.2 Å². The van der Waals surface area contributed by atoms with Crippen LogP contribution in [-0.2, 0) is 0 Å². The number of fused-ring (bicyclic) bond motifs is 3. The van der Waals surface area contributed by atoms with Crippen molar-refractivity contribution in [3.63, 3.8) is 0 Å². The number of ether oxygens (including phenoxy) is 1. The number of hydrogen-bond donors (Lipinski definition) is 0. The molecule has 128 valence electrons. The molecule has 0 aliphatic heterocycles. The summed E-state index contributed by atoms with van der Waals surface area (Å²) in [6, 6.07) is 16.3. The Morgan fingerprint density at radius 3 is 2.12 bits per heavy atom. The van der Waals surface area contributed by atoms with Crippen molar-refractivity contribution >= 4 is 33.1 Å². The molecular formula is C21H18N4O. The maximum atomic E-state index is 5.72. The Labute approximate surface area is 151 Å². The molecule has 5 heteroatoms. The van der Waals surface area contributed by atoms with Gasteiger partial charge in [-0.1, -0.05) is 48.5 Å². The van der Waals surface area contributed by atoms with Gasteiger partial charge in [0.25, 0.3) is 0 Å². The van der Waals surface area contributed by atoms with Gasteiger partial charge in [-0.3, -0.25) is 4.98 Å². The van der Waals surface area contributed by atoms with Crippen LogP contribution in [0.5, 0.6) is 5.75 Å². The molecule has 3 aromatic carbocycles. The summed E-state index contributed by atoms with van der Waals surface area (Å²) < 4.78 is 5.72. The van der Waals surface area contributed by atoms with Crippen LogP contribution in [-0.4, -0.2) is 17.1 Å². The number of azo groups is 1. The number of hydrogen-bond acceptors (Lipinski definition) is 5. The van der Waals surface area contributed by atoms with Crippen molar-refractivity contribution in [2.75, 3.05) is 7.11 Å². The summed E-state index contributed by atoms with van der Waals surface area (Å²) >= 11 is 0. The average molecular weight is 342 g/mol. The molecule has 0 N–H and O–H groups in total. The van der Waals surface area contributed by atoms with Gasteiger partial charge in [0, 0.05) is 17.0 Å². The maximum Gasteiger partial charge on any atom is 0.196 e. The van der Waals surface area contributed by atoms with Crippen molar-refractivity contribution in [3.8, 4) is 5.75 Å². The summed E-state index contributed by atoms with van der Waals surface area (Å²) in [4.78, 5) is 8.72. The standard InChI is InChI=1S/C21H18N4O/c1-13-12-22-14(2)21(23-13)25-24-19-17-10-6-4-8-15(17)16-9-5-7-11-18(16)20(19)26-3/h4-12H,1-3H3. The van der Waals surface area contributed by atoms with Gasteiger partial charge in [0.15, 0.2) is 11.6 Å². The lowest BCUT2D eigenvalue weighted by molar-refractivity contribution is 0.421. The van der Waals surface area contributed by atoms with Gasteiger partial charge >= 0.3 is 0 Å². The highest BCUT2D eigenvalue weighted by Crippen LogP contribution is 2.43. The third-order valence-corrected chi connectivity index (χ3v) is 4.36. The first-order valence-electron chi connectivity index (χ1n) is 8.38. The molecule has 0 bridgehead atoms. The molecule has 0 amide bonds. The van der Waals surface area contributed by atoms with E-state index in [1.165, 1.54) is 0 Å². The van der Waals surface area contributed by atoms with Gasteiger partial charge in [-0.25, -0.2) is 4.98 Å². The van der Waals surface area contributed by atoms with Gasteiger partial charge in [0.05, 0.1) is 18.5 Å². The van der Waals surface area contributed by atoms with E-state index >= 15 is 0 Å². The van der Waals surface area contributed by atoms with E-state index < -0.39 is 0 Å². The fraction of sp³-hybridized carbons (Fsp3) is 0.143. The highest BCUT2D eigenvalue weighted by atomic mass is 16.5. The molecule has 0 saturated carbocycles. The van der Waals surface area contributed by atoms with Crippen LogP contribution >= 0.6 is 0 Å². The third kappa shape index (κ3) is 2.67. The van der Waals surface area contributed by atoms with Crippen LogP contribution in [0.15, 0.2) is 65.0 Å². The first-order valence-corrected chi connectivity index (χ1v) is 8.38. The van der Waals surface area contributed by atoms with E-state index in [1.54, 1.807) is 13.3 Å². The average Bonchev–Trinajstić information content (AvgIpc) is 2.68. The molecule has 5 nitrogen and oxygen atoms in total. The summed E-state index contributed by atoms with van der Waals surface area (Å²) in [5.74, 6) is 1.23. The fourth-order valence-electron chi connectivity index (χ4n) is 3.11. The van der Waals surface area contributed by atoms with Crippen LogP contribution in [0.3, 0.4) is 0 Å². The van der Waals surface area contributed by atoms with Gasteiger partial charge in [0.2, 0.25) is 0 Å². The molecule has 0 fully saturated rings.